The van der Waals surface area contributed by atoms with Gasteiger partial charge in [0.25, 0.3) is 0 Å². The number of nitrogens with zero attached hydrogens (tertiary/aromatic N) is 2. The first-order valence-electron chi connectivity index (χ1n) is 6.57. The normalized spacial score (nSPS) is 30.6. The third-order valence-corrected chi connectivity index (χ3v) is 3.85. The topological polar surface area (TPSA) is 18.5 Å². The minimum absolute atomic E-state index is 0.433. The minimum Gasteiger partial charge on any atom is -0.372 e. The molecule has 2 fully saturated rings. The highest BCUT2D eigenvalue weighted by Crippen LogP contribution is 2.20. The van der Waals surface area contributed by atoms with Crippen LogP contribution >= 0.6 is 0 Å². The second kappa shape index (κ2) is 4.50. The average Bonchev–Trinajstić information content (AvgIpc) is 3.03. The van der Waals surface area contributed by atoms with Gasteiger partial charge in [0.2, 0.25) is 0 Å². The van der Waals surface area contributed by atoms with Gasteiger partial charge in [0.15, 0.2) is 0 Å². The number of allylic oxidation sites excluding steroid dienone is 1. The lowest BCUT2D eigenvalue weighted by atomic mass is 10.2. The third kappa shape index (κ3) is 1.96. The Bertz CT molecular complexity index is 296. The molecular weight excluding hydrogens is 198 g/mol. The summed E-state index contributed by atoms with van der Waals surface area (Å²) in [6.07, 6.45) is 12.6. The monoisotopic (exact) mass is 219 g/mol. The van der Waals surface area contributed by atoms with E-state index >= 15 is 0 Å². The number of likely N-dealkylation sites (tertiary alicyclic amines) is 2. The smallest absolute Gasteiger partial charge is 0.100 e. The Morgan fingerprint density at radius 2 is 1.69 bits per heavy atom. The highest BCUT2D eigenvalue weighted by atomic mass is 15.3. The van der Waals surface area contributed by atoms with Crippen LogP contribution in [0.4, 0.5) is 0 Å². The van der Waals surface area contributed by atoms with E-state index in [1.54, 1.807) is 0 Å². The molecule has 0 saturated carbocycles. The van der Waals surface area contributed by atoms with Crippen LogP contribution in [0.2, 0.25) is 0 Å². The predicted octanol–water partition coefficient (Wildman–Crippen LogP) is 1.50. The largest absolute Gasteiger partial charge is 0.372 e. The fourth-order valence-electron chi connectivity index (χ4n) is 2.91. The van der Waals surface area contributed by atoms with Gasteiger partial charge in [-0.2, -0.15) is 0 Å². The average molecular weight is 219 g/mol. The summed E-state index contributed by atoms with van der Waals surface area (Å²) < 4.78 is 0. The zero-order valence-corrected chi connectivity index (χ0v) is 9.86. The fraction of sp³-hybridized carbons (Fsp3) is 0.692. The molecule has 1 atom stereocenters. The Hall–Kier alpha value is -0.960. The molecule has 3 rings (SSSR count). The second-order valence-electron chi connectivity index (χ2n) is 4.97. The molecule has 88 valence electrons. The number of rotatable bonds is 2. The highest BCUT2D eigenvalue weighted by molar-refractivity contribution is 5.24. The number of hydrogen-bond donors (Lipinski definition) is 1. The molecule has 16 heavy (non-hydrogen) atoms. The van der Waals surface area contributed by atoms with Gasteiger partial charge in [-0.15, -0.1) is 0 Å². The molecule has 2 saturated heterocycles. The quantitative estimate of drug-likeness (QED) is 0.759. The molecule has 3 aliphatic rings. The zero-order chi connectivity index (χ0) is 10.8. The number of dihydropyridines is 1. The lowest BCUT2D eigenvalue weighted by molar-refractivity contribution is 0.256. The van der Waals surface area contributed by atoms with Gasteiger partial charge in [0.1, 0.15) is 6.17 Å². The maximum atomic E-state index is 3.46. The maximum Gasteiger partial charge on any atom is 0.100 e. The van der Waals surface area contributed by atoms with Gasteiger partial charge in [-0.1, -0.05) is 0 Å². The second-order valence-corrected chi connectivity index (χ2v) is 4.97. The van der Waals surface area contributed by atoms with E-state index in [-0.39, 0.29) is 0 Å². The Balaban J connectivity index is 1.69. The van der Waals surface area contributed by atoms with Crippen molar-refractivity contribution in [1.29, 1.82) is 0 Å². The fourth-order valence-corrected chi connectivity index (χ4v) is 2.91. The van der Waals surface area contributed by atoms with E-state index in [1.165, 1.54) is 57.6 Å². The van der Waals surface area contributed by atoms with E-state index < -0.39 is 0 Å². The summed E-state index contributed by atoms with van der Waals surface area (Å²) in [5, 5.41) is 3.46. The molecule has 0 aromatic carbocycles. The SMILES string of the molecule is C1=CC(N2CCCC2)=CC(N2CCCC2)N1. The van der Waals surface area contributed by atoms with Crippen LogP contribution in [-0.4, -0.2) is 42.1 Å². The van der Waals surface area contributed by atoms with E-state index in [0.717, 1.165) is 0 Å². The van der Waals surface area contributed by atoms with Crippen LogP contribution in [0.15, 0.2) is 24.0 Å². The number of nitrogens with one attached hydrogen (secondary N) is 1. The molecule has 3 heteroatoms. The summed E-state index contributed by atoms with van der Waals surface area (Å²) in [5.74, 6) is 0. The van der Waals surface area contributed by atoms with Crippen molar-refractivity contribution in [2.75, 3.05) is 26.2 Å². The Kier molecular flexibility index (Phi) is 2.87. The summed E-state index contributed by atoms with van der Waals surface area (Å²) in [7, 11) is 0. The van der Waals surface area contributed by atoms with Gasteiger partial charge in [-0.05, 0) is 44.0 Å². The van der Waals surface area contributed by atoms with E-state index in [4.69, 9.17) is 0 Å². The van der Waals surface area contributed by atoms with Crippen LogP contribution in [0, 0.1) is 0 Å². The maximum absolute atomic E-state index is 3.46. The summed E-state index contributed by atoms with van der Waals surface area (Å²) in [6, 6.07) is 0. The van der Waals surface area contributed by atoms with Crippen LogP contribution < -0.4 is 5.32 Å². The predicted molar refractivity (Wildman–Crippen MR) is 65.8 cm³/mol. The molecule has 0 spiro atoms. The molecule has 0 radical (unpaired) electrons. The standard InChI is InChI=1S/C13H21N3/c1-2-8-15(7-1)12-5-6-14-13(11-12)16-9-3-4-10-16/h5-6,11,13-14H,1-4,7-10H2. The van der Waals surface area contributed by atoms with Crippen molar-refractivity contribution in [3.05, 3.63) is 24.0 Å². The minimum atomic E-state index is 0.433. The van der Waals surface area contributed by atoms with Gasteiger partial charge >= 0.3 is 0 Å². The molecule has 0 amide bonds. The Morgan fingerprint density at radius 3 is 2.44 bits per heavy atom. The first-order chi connectivity index (χ1) is 7.93. The van der Waals surface area contributed by atoms with Crippen molar-refractivity contribution < 1.29 is 0 Å². The van der Waals surface area contributed by atoms with Crippen molar-refractivity contribution >= 4 is 0 Å². The molecule has 0 aliphatic carbocycles. The van der Waals surface area contributed by atoms with Crippen LogP contribution in [0.1, 0.15) is 25.7 Å². The van der Waals surface area contributed by atoms with Gasteiger partial charge in [0.05, 0.1) is 0 Å². The van der Waals surface area contributed by atoms with Crippen molar-refractivity contribution in [1.82, 2.24) is 15.1 Å². The molecular formula is C13H21N3. The lowest BCUT2D eigenvalue weighted by Gasteiger charge is -2.30. The molecule has 3 heterocycles. The van der Waals surface area contributed by atoms with Crippen LogP contribution in [-0.2, 0) is 0 Å². The molecule has 1 unspecified atom stereocenters. The third-order valence-electron chi connectivity index (χ3n) is 3.85. The summed E-state index contributed by atoms with van der Waals surface area (Å²) in [5.41, 5.74) is 1.42. The van der Waals surface area contributed by atoms with Gasteiger partial charge in [-0.3, -0.25) is 4.90 Å². The number of hydrogen-bond acceptors (Lipinski definition) is 3. The zero-order valence-electron chi connectivity index (χ0n) is 9.86. The summed E-state index contributed by atoms with van der Waals surface area (Å²) in [6.45, 7) is 4.97. The molecule has 0 bridgehead atoms. The molecule has 0 aromatic heterocycles. The summed E-state index contributed by atoms with van der Waals surface area (Å²) in [4.78, 5) is 5.06. The van der Waals surface area contributed by atoms with Crippen molar-refractivity contribution in [3.8, 4) is 0 Å². The first kappa shape index (κ1) is 10.2. The summed E-state index contributed by atoms with van der Waals surface area (Å²) >= 11 is 0. The Labute approximate surface area is 97.8 Å². The van der Waals surface area contributed by atoms with Crippen LogP contribution in [0.5, 0.6) is 0 Å². The molecule has 3 aliphatic heterocycles. The molecule has 3 nitrogen and oxygen atoms in total. The van der Waals surface area contributed by atoms with Gasteiger partial charge in [-0.25, -0.2) is 0 Å². The van der Waals surface area contributed by atoms with Crippen LogP contribution in [0.3, 0.4) is 0 Å². The molecule has 0 aromatic rings. The van der Waals surface area contributed by atoms with E-state index in [0.29, 0.717) is 6.17 Å². The first-order valence-corrected chi connectivity index (χ1v) is 6.57. The van der Waals surface area contributed by atoms with Crippen molar-refractivity contribution in [2.24, 2.45) is 0 Å². The highest BCUT2D eigenvalue weighted by Gasteiger charge is 2.23. The van der Waals surface area contributed by atoms with E-state index in [1.807, 2.05) is 0 Å². The van der Waals surface area contributed by atoms with Crippen molar-refractivity contribution in [3.63, 3.8) is 0 Å². The van der Waals surface area contributed by atoms with Gasteiger partial charge in [0, 0.05) is 31.9 Å². The van der Waals surface area contributed by atoms with E-state index in [9.17, 15) is 0 Å². The molecule has 1 N–H and O–H groups in total. The lowest BCUT2D eigenvalue weighted by Crippen LogP contribution is -2.42. The van der Waals surface area contributed by atoms with Crippen molar-refractivity contribution in [2.45, 2.75) is 31.8 Å². The van der Waals surface area contributed by atoms with Crippen LogP contribution in [0.25, 0.3) is 0 Å². The van der Waals surface area contributed by atoms with E-state index in [2.05, 4.69) is 33.5 Å². The van der Waals surface area contributed by atoms with Gasteiger partial charge < -0.3 is 10.2 Å². The Morgan fingerprint density at radius 1 is 1.00 bits per heavy atom.